The molecule has 0 saturated carbocycles. The van der Waals surface area contributed by atoms with Crippen molar-refractivity contribution in [1.82, 2.24) is 29.7 Å². The average Bonchev–Trinajstić information content (AvgIpc) is 3.24. The van der Waals surface area contributed by atoms with Crippen LogP contribution in [0.3, 0.4) is 0 Å². The van der Waals surface area contributed by atoms with Gasteiger partial charge in [-0.25, -0.2) is 0 Å². The molecule has 0 fully saturated rings. The molecule has 2 rings (SSSR count). The number of hydrogen-bond donors (Lipinski definition) is 2. The molecule has 0 amide bonds. The van der Waals surface area contributed by atoms with Crippen LogP contribution in [0.1, 0.15) is 26.7 Å². The molecular weight excluding hydrogens is 475 g/mol. The van der Waals surface area contributed by atoms with Crippen molar-refractivity contribution in [2.24, 2.45) is 0 Å². The zero-order valence-corrected chi connectivity index (χ0v) is 19.7. The van der Waals surface area contributed by atoms with Gasteiger partial charge >= 0.3 is 7.05 Å². The number of hydrogen-bond acceptors (Lipinski definition) is 5. The van der Waals surface area contributed by atoms with Crippen LogP contribution in [0.2, 0.25) is 6.82 Å². The molecule has 10 heteroatoms. The van der Waals surface area contributed by atoms with Crippen LogP contribution < -0.4 is 5.32 Å². The van der Waals surface area contributed by atoms with Gasteiger partial charge in [-0.15, -0.1) is 0 Å². The lowest BCUT2D eigenvalue weighted by molar-refractivity contribution is 0.362. The Kier molecular flexibility index (Phi) is 12.9. The van der Waals surface area contributed by atoms with Crippen LogP contribution in [0.4, 0.5) is 0 Å². The smallest absolute Gasteiger partial charge is 0.376 e. The first-order valence-corrected chi connectivity index (χ1v) is 11.0. The van der Waals surface area contributed by atoms with E-state index in [1.165, 1.54) is 0 Å². The molecule has 0 aliphatic heterocycles. The third-order valence-corrected chi connectivity index (χ3v) is 4.78. The van der Waals surface area contributed by atoms with Crippen molar-refractivity contribution in [1.29, 1.82) is 0 Å². The largest absolute Gasteiger partial charge is 0.437 e. The molecule has 0 aliphatic rings. The Morgan fingerprint density at radius 1 is 1.07 bits per heavy atom. The lowest BCUT2D eigenvalue weighted by atomic mass is 9.85. The van der Waals surface area contributed by atoms with Gasteiger partial charge in [0.05, 0.1) is 21.3 Å². The second-order valence-corrected chi connectivity index (χ2v) is 8.00. The molecule has 2 aromatic heterocycles. The Morgan fingerprint density at radius 2 is 1.63 bits per heavy atom. The third kappa shape index (κ3) is 11.0. The summed E-state index contributed by atoms with van der Waals surface area (Å²) in [6, 6.07) is 0. The molecule has 0 spiro atoms. The topological polar surface area (TPSA) is 71.1 Å². The van der Waals surface area contributed by atoms with Crippen LogP contribution in [-0.2, 0) is 13.1 Å². The van der Waals surface area contributed by atoms with Crippen molar-refractivity contribution in [3.05, 3.63) is 33.7 Å². The molecule has 2 N–H and O–H groups in total. The minimum Gasteiger partial charge on any atom is -0.437 e. The minimum atomic E-state index is -0.362. The quantitative estimate of drug-likeness (QED) is 0.363. The van der Waals surface area contributed by atoms with Gasteiger partial charge in [0.25, 0.3) is 0 Å². The van der Waals surface area contributed by atoms with E-state index in [4.69, 9.17) is 0 Å². The van der Waals surface area contributed by atoms with Gasteiger partial charge in [0.1, 0.15) is 0 Å². The van der Waals surface area contributed by atoms with E-state index in [1.54, 1.807) is 13.0 Å². The van der Waals surface area contributed by atoms with E-state index in [1.807, 2.05) is 32.8 Å². The van der Waals surface area contributed by atoms with Crippen LogP contribution in [-0.4, -0.2) is 62.6 Å². The summed E-state index contributed by atoms with van der Waals surface area (Å²) in [6.45, 7) is 11.7. The SMILES string of the molecule is CCN(CCCn1cc(Br)cn1)B(C)O.CCNCCCn1cc(Br)cn1. The first-order valence-electron chi connectivity index (χ1n) is 9.45. The average molecular weight is 506 g/mol. The summed E-state index contributed by atoms with van der Waals surface area (Å²) in [5, 5.41) is 21.0. The molecule has 27 heavy (non-hydrogen) atoms. The zero-order valence-electron chi connectivity index (χ0n) is 16.5. The van der Waals surface area contributed by atoms with E-state index >= 15 is 0 Å². The van der Waals surface area contributed by atoms with E-state index in [9.17, 15) is 5.02 Å². The molecule has 0 aromatic carbocycles. The lowest BCUT2D eigenvalue weighted by Gasteiger charge is -2.20. The van der Waals surface area contributed by atoms with E-state index < -0.39 is 0 Å². The van der Waals surface area contributed by atoms with Crippen LogP contribution in [0.25, 0.3) is 0 Å². The van der Waals surface area contributed by atoms with Crippen molar-refractivity contribution in [3.8, 4) is 0 Å². The Hall–Kier alpha value is -0.675. The monoisotopic (exact) mass is 504 g/mol. The molecule has 2 heterocycles. The third-order valence-electron chi connectivity index (χ3n) is 3.96. The fraction of sp³-hybridized carbons (Fsp3) is 0.647. The molecule has 0 atom stereocenters. The Labute approximate surface area is 179 Å². The standard InChI is InChI=1S/C9H17BBrN3O.C8H14BrN3/c1-3-13(10(2)15)5-4-6-14-8-9(11)7-12-14;1-2-10-4-3-5-12-7-8(9)6-11-12/h7-8,15H,3-6H2,1-2H3;6-7,10H,2-5H2,1H3. The molecule has 0 aliphatic carbocycles. The van der Waals surface area contributed by atoms with Crippen LogP contribution in [0.15, 0.2) is 33.7 Å². The fourth-order valence-electron chi connectivity index (χ4n) is 2.51. The van der Waals surface area contributed by atoms with E-state index in [0.29, 0.717) is 0 Å². The van der Waals surface area contributed by atoms with Crippen molar-refractivity contribution in [3.63, 3.8) is 0 Å². The number of rotatable bonds is 11. The zero-order chi connectivity index (χ0) is 20.1. The highest BCUT2D eigenvalue weighted by atomic mass is 79.9. The molecule has 0 saturated heterocycles. The van der Waals surface area contributed by atoms with Crippen LogP contribution in [0.5, 0.6) is 0 Å². The lowest BCUT2D eigenvalue weighted by Crippen LogP contribution is -2.37. The Balaban J connectivity index is 0.000000277. The minimum absolute atomic E-state index is 0.362. The normalized spacial score (nSPS) is 10.8. The molecule has 0 bridgehead atoms. The summed E-state index contributed by atoms with van der Waals surface area (Å²) in [5.74, 6) is 0. The van der Waals surface area contributed by atoms with Gasteiger partial charge in [-0.3, -0.25) is 9.36 Å². The molecule has 2 aromatic rings. The predicted molar refractivity (Wildman–Crippen MR) is 119 cm³/mol. The summed E-state index contributed by atoms with van der Waals surface area (Å²) in [4.78, 5) is 2.03. The van der Waals surface area contributed by atoms with E-state index in [-0.39, 0.29) is 7.05 Å². The first-order chi connectivity index (χ1) is 13.0. The van der Waals surface area contributed by atoms with Crippen LogP contribution >= 0.6 is 31.9 Å². The van der Waals surface area contributed by atoms with Crippen molar-refractivity contribution >= 4 is 38.9 Å². The highest BCUT2D eigenvalue weighted by Gasteiger charge is 2.12. The molecule has 7 nitrogen and oxygen atoms in total. The van der Waals surface area contributed by atoms with Gasteiger partial charge in [-0.05, 0) is 77.7 Å². The van der Waals surface area contributed by atoms with Gasteiger partial charge in [0, 0.05) is 25.5 Å². The predicted octanol–water partition coefficient (Wildman–Crippen LogP) is 3.11. The summed E-state index contributed by atoms with van der Waals surface area (Å²) in [5.41, 5.74) is 0. The Morgan fingerprint density at radius 3 is 2.04 bits per heavy atom. The maximum absolute atomic E-state index is 9.41. The maximum atomic E-state index is 9.41. The van der Waals surface area contributed by atoms with E-state index in [0.717, 1.165) is 61.1 Å². The molecule has 152 valence electrons. The van der Waals surface area contributed by atoms with Gasteiger partial charge in [-0.2, -0.15) is 10.2 Å². The number of halogens is 2. The van der Waals surface area contributed by atoms with Crippen molar-refractivity contribution in [2.45, 2.75) is 46.6 Å². The second-order valence-electron chi connectivity index (χ2n) is 6.16. The van der Waals surface area contributed by atoms with E-state index in [2.05, 4.69) is 61.2 Å². The van der Waals surface area contributed by atoms with Gasteiger partial charge < -0.3 is 15.2 Å². The number of nitrogens with zero attached hydrogens (tertiary/aromatic N) is 5. The number of aryl methyl sites for hydroxylation is 2. The molecule has 0 unspecified atom stereocenters. The maximum Gasteiger partial charge on any atom is 0.376 e. The van der Waals surface area contributed by atoms with Gasteiger partial charge in [0.15, 0.2) is 0 Å². The highest BCUT2D eigenvalue weighted by molar-refractivity contribution is 9.10. The van der Waals surface area contributed by atoms with Gasteiger partial charge in [0.2, 0.25) is 0 Å². The molecule has 0 radical (unpaired) electrons. The summed E-state index contributed by atoms with van der Waals surface area (Å²) >= 11 is 6.71. The van der Waals surface area contributed by atoms with Gasteiger partial charge in [-0.1, -0.05) is 13.8 Å². The molecular formula is C17H31BBr2N6O. The van der Waals surface area contributed by atoms with Crippen molar-refractivity contribution in [2.75, 3.05) is 26.2 Å². The second kappa shape index (κ2) is 14.3. The number of nitrogens with one attached hydrogen (secondary N) is 1. The fourth-order valence-corrected chi connectivity index (χ4v) is 3.16. The summed E-state index contributed by atoms with van der Waals surface area (Å²) < 4.78 is 5.90. The van der Waals surface area contributed by atoms with Crippen LogP contribution in [0, 0.1) is 0 Å². The summed E-state index contributed by atoms with van der Waals surface area (Å²) in [6.07, 6.45) is 9.67. The van der Waals surface area contributed by atoms with Crippen molar-refractivity contribution < 1.29 is 5.02 Å². The summed E-state index contributed by atoms with van der Waals surface area (Å²) in [7, 11) is -0.362. The first kappa shape index (κ1) is 24.4. The number of aromatic nitrogens is 4. The Bertz CT molecular complexity index is 622. The highest BCUT2D eigenvalue weighted by Crippen LogP contribution is 2.07.